The SMILES string of the molecule is C=C(C)NC(C)/C(C)=C/C(C)/C(C)=C\C=C(\CCC)CCCC. The molecule has 23 heavy (non-hydrogen) atoms. The Morgan fingerprint density at radius 1 is 0.957 bits per heavy atom. The number of nitrogens with one attached hydrogen (secondary N) is 1. The molecule has 0 spiro atoms. The molecule has 2 unspecified atom stereocenters. The van der Waals surface area contributed by atoms with E-state index in [9.17, 15) is 0 Å². The molecule has 0 saturated heterocycles. The van der Waals surface area contributed by atoms with Crippen LogP contribution in [0.5, 0.6) is 0 Å². The second kappa shape index (κ2) is 12.2. The minimum Gasteiger partial charge on any atom is -0.383 e. The molecule has 132 valence electrons. The van der Waals surface area contributed by atoms with E-state index < -0.39 is 0 Å². The van der Waals surface area contributed by atoms with Crippen molar-refractivity contribution in [3.05, 3.63) is 47.2 Å². The summed E-state index contributed by atoms with van der Waals surface area (Å²) in [5, 5.41) is 3.38. The summed E-state index contributed by atoms with van der Waals surface area (Å²) >= 11 is 0. The van der Waals surface area contributed by atoms with Gasteiger partial charge in [0, 0.05) is 11.7 Å². The standard InChI is InChI=1S/C22H39N/c1-9-11-13-22(12-10-2)15-14-18(5)19(6)16-20(7)21(8)23-17(3)4/h14-16,19,21,23H,3,9-13H2,1-2,4-8H3/b18-14-,20-16+,22-15-. The molecule has 0 aliphatic carbocycles. The third-order valence-corrected chi connectivity index (χ3v) is 4.38. The number of hydrogen-bond donors (Lipinski definition) is 1. The molecular weight excluding hydrogens is 278 g/mol. The molecule has 0 bridgehead atoms. The predicted octanol–water partition coefficient (Wildman–Crippen LogP) is 6.94. The molecule has 0 fully saturated rings. The minimum absolute atomic E-state index is 0.346. The van der Waals surface area contributed by atoms with Crippen molar-refractivity contribution in [3.8, 4) is 0 Å². The Hall–Kier alpha value is -1.24. The molecule has 0 heterocycles. The van der Waals surface area contributed by atoms with Gasteiger partial charge in [0.15, 0.2) is 0 Å². The Morgan fingerprint density at radius 3 is 2.13 bits per heavy atom. The lowest BCUT2D eigenvalue weighted by atomic mass is 9.96. The molecule has 1 heteroatoms. The highest BCUT2D eigenvalue weighted by molar-refractivity contribution is 5.23. The lowest BCUT2D eigenvalue weighted by Crippen LogP contribution is -2.25. The molecule has 0 aliphatic heterocycles. The molecule has 0 rings (SSSR count). The molecule has 0 aromatic carbocycles. The summed E-state index contributed by atoms with van der Waals surface area (Å²) in [6.45, 7) is 19.4. The molecule has 1 nitrogen and oxygen atoms in total. The average Bonchev–Trinajstić information content (AvgIpc) is 2.48. The highest BCUT2D eigenvalue weighted by atomic mass is 14.9. The van der Waals surface area contributed by atoms with Crippen molar-refractivity contribution in [2.24, 2.45) is 5.92 Å². The average molecular weight is 318 g/mol. The largest absolute Gasteiger partial charge is 0.383 e. The third-order valence-electron chi connectivity index (χ3n) is 4.38. The van der Waals surface area contributed by atoms with Crippen LogP contribution >= 0.6 is 0 Å². The van der Waals surface area contributed by atoms with Gasteiger partial charge in [0.2, 0.25) is 0 Å². The van der Waals surface area contributed by atoms with Crippen LogP contribution < -0.4 is 5.32 Å². The van der Waals surface area contributed by atoms with E-state index in [0.29, 0.717) is 12.0 Å². The molecule has 2 atom stereocenters. The van der Waals surface area contributed by atoms with Crippen LogP contribution in [0, 0.1) is 5.92 Å². The van der Waals surface area contributed by atoms with Gasteiger partial charge in [0.1, 0.15) is 0 Å². The van der Waals surface area contributed by atoms with E-state index in [2.05, 4.69) is 71.7 Å². The fraction of sp³-hybridized carbons (Fsp3) is 0.636. The van der Waals surface area contributed by atoms with Gasteiger partial charge in [-0.3, -0.25) is 0 Å². The van der Waals surface area contributed by atoms with Crippen molar-refractivity contribution in [2.45, 2.75) is 86.6 Å². The highest BCUT2D eigenvalue weighted by Crippen LogP contribution is 2.18. The van der Waals surface area contributed by atoms with Crippen molar-refractivity contribution < 1.29 is 0 Å². The summed E-state index contributed by atoms with van der Waals surface area (Å²) in [5.74, 6) is 0.467. The lowest BCUT2D eigenvalue weighted by Gasteiger charge is -2.18. The fourth-order valence-corrected chi connectivity index (χ4v) is 2.57. The van der Waals surface area contributed by atoms with E-state index in [1.807, 2.05) is 6.92 Å². The first-order chi connectivity index (χ1) is 10.8. The summed E-state index contributed by atoms with van der Waals surface area (Å²) in [5.41, 5.74) is 5.42. The van der Waals surface area contributed by atoms with Crippen molar-refractivity contribution in [1.82, 2.24) is 5.32 Å². The second-order valence-electron chi connectivity index (χ2n) is 6.93. The van der Waals surface area contributed by atoms with Crippen molar-refractivity contribution in [1.29, 1.82) is 0 Å². The van der Waals surface area contributed by atoms with Gasteiger partial charge in [0.25, 0.3) is 0 Å². The van der Waals surface area contributed by atoms with Crippen LogP contribution in [0.2, 0.25) is 0 Å². The van der Waals surface area contributed by atoms with E-state index in [1.54, 1.807) is 5.57 Å². The van der Waals surface area contributed by atoms with Gasteiger partial charge < -0.3 is 5.32 Å². The maximum Gasteiger partial charge on any atom is 0.0439 e. The smallest absolute Gasteiger partial charge is 0.0439 e. The maximum atomic E-state index is 3.93. The quantitative estimate of drug-likeness (QED) is 0.321. The Balaban J connectivity index is 4.89. The first-order valence-electron chi connectivity index (χ1n) is 9.28. The van der Waals surface area contributed by atoms with Gasteiger partial charge in [-0.05, 0) is 52.9 Å². The molecule has 1 N–H and O–H groups in total. The van der Waals surface area contributed by atoms with E-state index in [0.717, 1.165) is 5.70 Å². The summed E-state index contributed by atoms with van der Waals surface area (Å²) < 4.78 is 0. The zero-order chi connectivity index (χ0) is 17.8. The summed E-state index contributed by atoms with van der Waals surface area (Å²) in [7, 11) is 0. The normalized spacial score (nSPS) is 16.2. The number of unbranched alkanes of at least 4 members (excludes halogenated alkanes) is 1. The number of allylic oxidation sites excluding steroid dienone is 6. The Labute approximate surface area is 145 Å². The van der Waals surface area contributed by atoms with Crippen LogP contribution in [0.3, 0.4) is 0 Å². The Kier molecular flexibility index (Phi) is 11.6. The molecule has 0 aliphatic rings. The van der Waals surface area contributed by atoms with E-state index in [4.69, 9.17) is 0 Å². The van der Waals surface area contributed by atoms with Gasteiger partial charge >= 0.3 is 0 Å². The van der Waals surface area contributed by atoms with Gasteiger partial charge in [0.05, 0.1) is 0 Å². The monoisotopic (exact) mass is 317 g/mol. The van der Waals surface area contributed by atoms with Gasteiger partial charge in [-0.25, -0.2) is 0 Å². The summed E-state index contributed by atoms with van der Waals surface area (Å²) in [4.78, 5) is 0. The fourth-order valence-electron chi connectivity index (χ4n) is 2.57. The molecule has 0 amide bonds. The summed E-state index contributed by atoms with van der Waals surface area (Å²) in [6.07, 6.45) is 13.3. The predicted molar refractivity (Wildman–Crippen MR) is 107 cm³/mol. The molecule has 0 aromatic rings. The van der Waals surface area contributed by atoms with Crippen LogP contribution in [-0.4, -0.2) is 6.04 Å². The van der Waals surface area contributed by atoms with Crippen LogP contribution in [0.4, 0.5) is 0 Å². The zero-order valence-electron chi connectivity index (χ0n) is 16.6. The first-order valence-corrected chi connectivity index (χ1v) is 9.28. The van der Waals surface area contributed by atoms with E-state index in [1.165, 1.54) is 43.3 Å². The first kappa shape index (κ1) is 21.8. The van der Waals surface area contributed by atoms with Crippen LogP contribution in [-0.2, 0) is 0 Å². The van der Waals surface area contributed by atoms with Crippen molar-refractivity contribution >= 4 is 0 Å². The topological polar surface area (TPSA) is 12.0 Å². The molecule has 0 radical (unpaired) electrons. The summed E-state index contributed by atoms with van der Waals surface area (Å²) in [6, 6.07) is 0.346. The zero-order valence-corrected chi connectivity index (χ0v) is 16.6. The molecule has 0 saturated carbocycles. The van der Waals surface area contributed by atoms with E-state index in [-0.39, 0.29) is 0 Å². The van der Waals surface area contributed by atoms with Gasteiger partial charge in [-0.2, -0.15) is 0 Å². The van der Waals surface area contributed by atoms with Gasteiger partial charge in [-0.1, -0.05) is 75.1 Å². The highest BCUT2D eigenvalue weighted by Gasteiger charge is 2.06. The Bertz CT molecular complexity index is 437. The van der Waals surface area contributed by atoms with Gasteiger partial charge in [-0.15, -0.1) is 0 Å². The van der Waals surface area contributed by atoms with Crippen LogP contribution in [0.1, 0.15) is 80.6 Å². The second-order valence-corrected chi connectivity index (χ2v) is 6.93. The van der Waals surface area contributed by atoms with Crippen molar-refractivity contribution in [2.75, 3.05) is 0 Å². The van der Waals surface area contributed by atoms with Crippen LogP contribution in [0.15, 0.2) is 47.2 Å². The molecule has 0 aromatic heterocycles. The number of rotatable bonds is 11. The number of hydrogen-bond acceptors (Lipinski definition) is 1. The molecular formula is C22H39N. The van der Waals surface area contributed by atoms with Crippen LogP contribution in [0.25, 0.3) is 0 Å². The Morgan fingerprint density at radius 2 is 1.61 bits per heavy atom. The lowest BCUT2D eigenvalue weighted by molar-refractivity contribution is 0.683. The van der Waals surface area contributed by atoms with Crippen molar-refractivity contribution in [3.63, 3.8) is 0 Å². The minimum atomic E-state index is 0.346. The third kappa shape index (κ3) is 10.2. The van der Waals surface area contributed by atoms with E-state index >= 15 is 0 Å². The maximum absolute atomic E-state index is 3.93.